The molecule has 0 spiro atoms. The fourth-order valence-corrected chi connectivity index (χ4v) is 3.34. The number of piperidine rings is 1. The van der Waals surface area contributed by atoms with Gasteiger partial charge >= 0.3 is 0 Å². The van der Waals surface area contributed by atoms with E-state index in [0.29, 0.717) is 5.92 Å². The molecule has 18 heavy (non-hydrogen) atoms. The highest BCUT2D eigenvalue weighted by atomic mass is 32.2. The Morgan fingerprint density at radius 3 is 3.00 bits per heavy atom. The molecule has 0 saturated carbocycles. The predicted molar refractivity (Wildman–Crippen MR) is 75.3 cm³/mol. The summed E-state index contributed by atoms with van der Waals surface area (Å²) >= 11 is 1.60. The van der Waals surface area contributed by atoms with Gasteiger partial charge in [-0.05, 0) is 44.0 Å². The van der Waals surface area contributed by atoms with E-state index < -0.39 is 0 Å². The van der Waals surface area contributed by atoms with Gasteiger partial charge in [0.1, 0.15) is 5.82 Å². The quantitative estimate of drug-likeness (QED) is 0.832. The molecule has 1 heterocycles. The molecule has 2 nitrogen and oxygen atoms in total. The van der Waals surface area contributed by atoms with E-state index in [-0.39, 0.29) is 5.82 Å². The Hall–Kier alpha value is -0.580. The molecule has 100 valence electrons. The first-order chi connectivity index (χ1) is 8.79. The summed E-state index contributed by atoms with van der Waals surface area (Å²) in [6, 6.07) is 6.99. The third kappa shape index (κ3) is 3.97. The zero-order valence-electron chi connectivity index (χ0n) is 10.6. The third-order valence-corrected chi connectivity index (χ3v) is 4.47. The Morgan fingerprint density at radius 2 is 2.22 bits per heavy atom. The van der Waals surface area contributed by atoms with Crippen LogP contribution in [0.5, 0.6) is 0 Å². The lowest BCUT2D eigenvalue weighted by atomic mass is 9.98. The fraction of sp³-hybridized carbons (Fsp3) is 0.571. The molecule has 1 atom stereocenters. The van der Waals surface area contributed by atoms with Crippen molar-refractivity contribution in [2.24, 2.45) is 11.7 Å². The van der Waals surface area contributed by atoms with Crippen molar-refractivity contribution in [2.75, 3.05) is 31.9 Å². The highest BCUT2D eigenvalue weighted by Gasteiger charge is 2.18. The summed E-state index contributed by atoms with van der Waals surface area (Å²) in [5, 5.41) is 0. The zero-order chi connectivity index (χ0) is 12.8. The molecule has 2 N–H and O–H groups in total. The Bertz CT molecular complexity index is 373. The van der Waals surface area contributed by atoms with Crippen LogP contribution >= 0.6 is 11.8 Å². The largest absolute Gasteiger partial charge is 0.330 e. The second kappa shape index (κ2) is 7.12. The Balaban J connectivity index is 1.73. The average Bonchev–Trinajstić information content (AvgIpc) is 2.41. The summed E-state index contributed by atoms with van der Waals surface area (Å²) in [4.78, 5) is 3.21. The smallest absolute Gasteiger partial charge is 0.136 e. The molecule has 1 aliphatic rings. The summed E-state index contributed by atoms with van der Waals surface area (Å²) in [6.07, 6.45) is 2.50. The van der Waals surface area contributed by atoms with Gasteiger partial charge in [-0.15, -0.1) is 11.8 Å². The van der Waals surface area contributed by atoms with Gasteiger partial charge in [-0.2, -0.15) is 0 Å². The molecule has 2 rings (SSSR count). The van der Waals surface area contributed by atoms with Crippen molar-refractivity contribution in [3.8, 4) is 0 Å². The summed E-state index contributed by atoms with van der Waals surface area (Å²) in [6.45, 7) is 4.08. The number of rotatable bonds is 5. The maximum Gasteiger partial charge on any atom is 0.136 e. The molecule has 1 fully saturated rings. The summed E-state index contributed by atoms with van der Waals surface area (Å²) < 4.78 is 13.4. The van der Waals surface area contributed by atoms with Crippen LogP contribution < -0.4 is 5.73 Å². The molecule has 1 aromatic rings. The van der Waals surface area contributed by atoms with Crippen molar-refractivity contribution >= 4 is 11.8 Å². The molecule has 0 aliphatic carbocycles. The molecule has 0 amide bonds. The van der Waals surface area contributed by atoms with Crippen molar-refractivity contribution < 1.29 is 4.39 Å². The number of hydrogen-bond acceptors (Lipinski definition) is 3. The summed E-state index contributed by atoms with van der Waals surface area (Å²) in [5.74, 6) is 1.48. The molecule has 1 aromatic carbocycles. The summed E-state index contributed by atoms with van der Waals surface area (Å²) in [5.41, 5.74) is 5.72. The SMILES string of the molecule is NCC1CCCN(CCSc2ccccc2F)C1. The highest BCUT2D eigenvalue weighted by Crippen LogP contribution is 2.22. The van der Waals surface area contributed by atoms with Crippen LogP contribution in [0.1, 0.15) is 12.8 Å². The lowest BCUT2D eigenvalue weighted by Gasteiger charge is -2.31. The lowest BCUT2D eigenvalue weighted by molar-refractivity contribution is 0.188. The van der Waals surface area contributed by atoms with Gasteiger partial charge in [-0.3, -0.25) is 0 Å². The standard InChI is InChI=1S/C14H21FN2S/c15-13-5-1-2-6-14(13)18-9-8-17-7-3-4-12(10-16)11-17/h1-2,5-6,12H,3-4,7-11,16H2. The monoisotopic (exact) mass is 268 g/mol. The van der Waals surface area contributed by atoms with Crippen LogP contribution in [-0.4, -0.2) is 36.8 Å². The van der Waals surface area contributed by atoms with Gasteiger partial charge in [0.2, 0.25) is 0 Å². The maximum atomic E-state index is 13.4. The second-order valence-electron chi connectivity index (χ2n) is 4.82. The minimum atomic E-state index is -0.110. The van der Waals surface area contributed by atoms with Gasteiger partial charge < -0.3 is 10.6 Å². The van der Waals surface area contributed by atoms with E-state index in [4.69, 9.17) is 5.73 Å². The van der Waals surface area contributed by atoms with E-state index in [1.54, 1.807) is 17.8 Å². The molecule has 1 saturated heterocycles. The van der Waals surface area contributed by atoms with Crippen LogP contribution in [0, 0.1) is 11.7 Å². The van der Waals surface area contributed by atoms with E-state index in [9.17, 15) is 4.39 Å². The van der Waals surface area contributed by atoms with Gasteiger partial charge in [0.25, 0.3) is 0 Å². The van der Waals surface area contributed by atoms with Crippen molar-refractivity contribution in [3.05, 3.63) is 30.1 Å². The van der Waals surface area contributed by atoms with E-state index in [2.05, 4.69) is 4.90 Å². The number of benzene rings is 1. The molecular formula is C14H21FN2S. The van der Waals surface area contributed by atoms with E-state index in [1.165, 1.54) is 18.9 Å². The topological polar surface area (TPSA) is 29.3 Å². The second-order valence-corrected chi connectivity index (χ2v) is 5.96. The number of halogens is 1. The first-order valence-electron chi connectivity index (χ1n) is 6.59. The van der Waals surface area contributed by atoms with Crippen LogP contribution in [0.3, 0.4) is 0 Å². The molecule has 0 radical (unpaired) electrons. The number of hydrogen-bond donors (Lipinski definition) is 1. The Labute approximate surface area is 113 Å². The van der Waals surface area contributed by atoms with Gasteiger partial charge in [0.15, 0.2) is 0 Å². The van der Waals surface area contributed by atoms with Crippen LogP contribution in [-0.2, 0) is 0 Å². The zero-order valence-corrected chi connectivity index (χ0v) is 11.5. The van der Waals surface area contributed by atoms with E-state index in [1.807, 2.05) is 12.1 Å². The third-order valence-electron chi connectivity index (χ3n) is 3.44. The molecule has 4 heteroatoms. The first kappa shape index (κ1) is 13.8. The minimum Gasteiger partial charge on any atom is -0.330 e. The number of likely N-dealkylation sites (tertiary alicyclic amines) is 1. The fourth-order valence-electron chi connectivity index (χ4n) is 2.39. The van der Waals surface area contributed by atoms with E-state index >= 15 is 0 Å². The van der Waals surface area contributed by atoms with Gasteiger partial charge in [0, 0.05) is 23.7 Å². The molecular weight excluding hydrogens is 247 g/mol. The minimum absolute atomic E-state index is 0.110. The lowest BCUT2D eigenvalue weighted by Crippen LogP contribution is -2.39. The van der Waals surface area contributed by atoms with Crippen molar-refractivity contribution in [1.29, 1.82) is 0 Å². The van der Waals surface area contributed by atoms with Crippen LogP contribution in [0.25, 0.3) is 0 Å². The average molecular weight is 268 g/mol. The maximum absolute atomic E-state index is 13.4. The van der Waals surface area contributed by atoms with Crippen molar-refractivity contribution in [1.82, 2.24) is 4.90 Å². The number of thioether (sulfide) groups is 1. The van der Waals surface area contributed by atoms with Gasteiger partial charge in [0.05, 0.1) is 0 Å². The highest BCUT2D eigenvalue weighted by molar-refractivity contribution is 7.99. The van der Waals surface area contributed by atoms with Crippen LogP contribution in [0.15, 0.2) is 29.2 Å². The van der Waals surface area contributed by atoms with E-state index in [0.717, 1.165) is 36.8 Å². The molecule has 0 bridgehead atoms. The normalized spacial score (nSPS) is 21.1. The van der Waals surface area contributed by atoms with Crippen LogP contribution in [0.2, 0.25) is 0 Å². The van der Waals surface area contributed by atoms with Crippen LogP contribution in [0.4, 0.5) is 4.39 Å². The molecule has 0 aromatic heterocycles. The Kier molecular flexibility index (Phi) is 5.47. The number of nitrogens with two attached hydrogens (primary N) is 1. The van der Waals surface area contributed by atoms with Gasteiger partial charge in [-0.25, -0.2) is 4.39 Å². The van der Waals surface area contributed by atoms with Crippen molar-refractivity contribution in [2.45, 2.75) is 17.7 Å². The summed E-state index contributed by atoms with van der Waals surface area (Å²) in [7, 11) is 0. The molecule has 1 aliphatic heterocycles. The predicted octanol–water partition coefficient (Wildman–Crippen LogP) is 2.59. The first-order valence-corrected chi connectivity index (χ1v) is 7.58. The molecule has 1 unspecified atom stereocenters. The Morgan fingerprint density at radius 1 is 1.39 bits per heavy atom. The van der Waals surface area contributed by atoms with Gasteiger partial charge in [-0.1, -0.05) is 12.1 Å². The van der Waals surface area contributed by atoms with Crippen molar-refractivity contribution in [3.63, 3.8) is 0 Å². The number of nitrogens with zero attached hydrogens (tertiary/aromatic N) is 1.